The summed E-state index contributed by atoms with van der Waals surface area (Å²) < 4.78 is 0. The zero-order chi connectivity index (χ0) is 18.4. The second kappa shape index (κ2) is 10.9. The molecule has 1 aromatic carbocycles. The Labute approximate surface area is 183 Å². The summed E-state index contributed by atoms with van der Waals surface area (Å²) in [6.45, 7) is 2.92. The van der Waals surface area contributed by atoms with E-state index in [0.717, 1.165) is 32.0 Å². The summed E-state index contributed by atoms with van der Waals surface area (Å²) in [6.07, 6.45) is 1.12. The molecule has 2 unspecified atom stereocenters. The average Bonchev–Trinajstić information content (AvgIpc) is 3.33. The van der Waals surface area contributed by atoms with Crippen LogP contribution in [-0.2, 0) is 0 Å². The standard InChI is InChI=1S/C20H29N5S.HI/c1-21-20(22-14-18(24(2)3)19-10-7-13-26-19)23-16-11-12-25(15-16)17-8-5-4-6-9-17;/h4-10,13,16,18H,11-12,14-15H2,1-3H3,(H2,21,22,23);1H. The summed E-state index contributed by atoms with van der Waals surface area (Å²) in [7, 11) is 6.09. The van der Waals surface area contributed by atoms with Gasteiger partial charge in [-0.3, -0.25) is 4.99 Å². The smallest absolute Gasteiger partial charge is 0.191 e. The molecule has 2 N–H and O–H groups in total. The normalized spacial score (nSPS) is 18.3. The van der Waals surface area contributed by atoms with E-state index in [1.165, 1.54) is 10.6 Å². The number of halogens is 1. The van der Waals surface area contributed by atoms with E-state index in [2.05, 4.69) is 87.4 Å². The number of aliphatic imine (C=N–C) groups is 1. The van der Waals surface area contributed by atoms with E-state index in [1.54, 1.807) is 11.3 Å². The molecule has 0 bridgehead atoms. The lowest BCUT2D eigenvalue weighted by molar-refractivity contribution is 0.302. The van der Waals surface area contributed by atoms with E-state index < -0.39 is 0 Å². The van der Waals surface area contributed by atoms with Gasteiger partial charge in [-0.25, -0.2) is 0 Å². The van der Waals surface area contributed by atoms with Crippen molar-refractivity contribution < 1.29 is 0 Å². The van der Waals surface area contributed by atoms with Crippen LogP contribution in [0, 0.1) is 0 Å². The van der Waals surface area contributed by atoms with Crippen molar-refractivity contribution in [1.82, 2.24) is 15.5 Å². The third-order valence-corrected chi connectivity index (χ3v) is 5.81. The van der Waals surface area contributed by atoms with Crippen molar-refractivity contribution >= 4 is 47.0 Å². The molecule has 2 aromatic rings. The van der Waals surface area contributed by atoms with Crippen LogP contribution in [0.4, 0.5) is 5.69 Å². The number of nitrogens with one attached hydrogen (secondary N) is 2. The van der Waals surface area contributed by atoms with Crippen LogP contribution in [0.25, 0.3) is 0 Å². The van der Waals surface area contributed by atoms with Gasteiger partial charge >= 0.3 is 0 Å². The van der Waals surface area contributed by atoms with Crippen LogP contribution < -0.4 is 15.5 Å². The summed E-state index contributed by atoms with van der Waals surface area (Å²) in [6, 6.07) is 15.7. The SMILES string of the molecule is CN=C(NCC(c1cccs1)N(C)C)NC1CCN(c2ccccc2)C1.I. The molecule has 2 heterocycles. The van der Waals surface area contributed by atoms with Gasteiger partial charge < -0.3 is 20.4 Å². The van der Waals surface area contributed by atoms with E-state index >= 15 is 0 Å². The number of likely N-dealkylation sites (N-methyl/N-ethyl adjacent to an activating group) is 1. The summed E-state index contributed by atoms with van der Waals surface area (Å²) in [5.41, 5.74) is 1.30. The third kappa shape index (κ3) is 6.08. The Bertz CT molecular complexity index is 690. The minimum atomic E-state index is 0. The van der Waals surface area contributed by atoms with Crippen LogP contribution in [0.1, 0.15) is 17.3 Å². The lowest BCUT2D eigenvalue weighted by Gasteiger charge is -2.25. The highest BCUT2D eigenvalue weighted by molar-refractivity contribution is 14.0. The maximum atomic E-state index is 4.42. The molecule has 1 saturated heterocycles. The predicted molar refractivity (Wildman–Crippen MR) is 128 cm³/mol. The second-order valence-corrected chi connectivity index (χ2v) is 7.84. The lowest BCUT2D eigenvalue weighted by Crippen LogP contribution is -2.46. The van der Waals surface area contributed by atoms with Crippen molar-refractivity contribution in [2.24, 2.45) is 4.99 Å². The number of benzene rings is 1. The van der Waals surface area contributed by atoms with E-state index in [4.69, 9.17) is 0 Å². The molecule has 0 radical (unpaired) electrons. The number of thiophene rings is 1. The van der Waals surface area contributed by atoms with Gasteiger partial charge in [0.15, 0.2) is 5.96 Å². The van der Waals surface area contributed by atoms with Gasteiger partial charge in [-0.05, 0) is 44.1 Å². The molecule has 1 aliphatic rings. The van der Waals surface area contributed by atoms with E-state index in [1.807, 2.05) is 7.05 Å². The van der Waals surface area contributed by atoms with Crippen molar-refractivity contribution in [1.29, 1.82) is 0 Å². The molecule has 7 heteroatoms. The van der Waals surface area contributed by atoms with Gasteiger partial charge in [0, 0.05) is 43.3 Å². The minimum absolute atomic E-state index is 0. The third-order valence-electron chi connectivity index (χ3n) is 4.83. The Morgan fingerprint density at radius 3 is 2.67 bits per heavy atom. The van der Waals surface area contributed by atoms with Crippen molar-refractivity contribution in [3.63, 3.8) is 0 Å². The number of rotatable bonds is 6. The molecule has 1 fully saturated rings. The molecule has 0 amide bonds. The number of guanidine groups is 1. The molecule has 0 aliphatic carbocycles. The van der Waals surface area contributed by atoms with Crippen LogP contribution in [0.15, 0.2) is 52.8 Å². The first-order valence-electron chi connectivity index (χ1n) is 9.14. The first-order valence-corrected chi connectivity index (χ1v) is 10.0. The summed E-state index contributed by atoms with van der Waals surface area (Å²) in [5.74, 6) is 0.883. The molecule has 2 atom stereocenters. The Morgan fingerprint density at radius 1 is 1.26 bits per heavy atom. The summed E-state index contributed by atoms with van der Waals surface area (Å²) in [4.78, 5) is 10.5. The lowest BCUT2D eigenvalue weighted by atomic mass is 10.2. The van der Waals surface area contributed by atoms with E-state index in [9.17, 15) is 0 Å². The fourth-order valence-electron chi connectivity index (χ4n) is 3.35. The summed E-state index contributed by atoms with van der Waals surface area (Å²) >= 11 is 1.80. The molecule has 0 spiro atoms. The maximum absolute atomic E-state index is 4.42. The maximum Gasteiger partial charge on any atom is 0.191 e. The molecule has 1 aromatic heterocycles. The number of nitrogens with zero attached hydrogens (tertiary/aromatic N) is 3. The minimum Gasteiger partial charge on any atom is -0.369 e. The fourth-order valence-corrected chi connectivity index (χ4v) is 4.27. The number of anilines is 1. The molecule has 0 saturated carbocycles. The first-order chi connectivity index (χ1) is 12.7. The Balaban J connectivity index is 0.00000261. The van der Waals surface area contributed by atoms with Gasteiger partial charge in [0.05, 0.1) is 6.04 Å². The van der Waals surface area contributed by atoms with Crippen LogP contribution in [0.2, 0.25) is 0 Å². The molecular weight excluding hydrogens is 469 g/mol. The highest BCUT2D eigenvalue weighted by Gasteiger charge is 2.24. The zero-order valence-electron chi connectivity index (χ0n) is 16.3. The molecule has 27 heavy (non-hydrogen) atoms. The Morgan fingerprint density at radius 2 is 2.04 bits per heavy atom. The van der Waals surface area contributed by atoms with Crippen molar-refractivity contribution in [3.05, 3.63) is 52.7 Å². The van der Waals surface area contributed by atoms with E-state index in [0.29, 0.717) is 12.1 Å². The van der Waals surface area contributed by atoms with Crippen LogP contribution in [-0.4, -0.2) is 57.7 Å². The van der Waals surface area contributed by atoms with Gasteiger partial charge in [-0.1, -0.05) is 24.3 Å². The summed E-state index contributed by atoms with van der Waals surface area (Å²) in [5, 5.41) is 9.23. The van der Waals surface area contributed by atoms with Crippen LogP contribution in [0.3, 0.4) is 0 Å². The van der Waals surface area contributed by atoms with Gasteiger partial charge in [0.25, 0.3) is 0 Å². The van der Waals surface area contributed by atoms with Crippen molar-refractivity contribution in [3.8, 4) is 0 Å². The Kier molecular flexibility index (Phi) is 8.85. The monoisotopic (exact) mass is 499 g/mol. The molecule has 5 nitrogen and oxygen atoms in total. The van der Waals surface area contributed by atoms with Crippen molar-refractivity contribution in [2.75, 3.05) is 45.7 Å². The zero-order valence-corrected chi connectivity index (χ0v) is 19.4. The number of hydrogen-bond acceptors (Lipinski definition) is 4. The van der Waals surface area contributed by atoms with Crippen LogP contribution >= 0.6 is 35.3 Å². The molecule has 148 valence electrons. The first kappa shape index (κ1) is 22.0. The van der Waals surface area contributed by atoms with Gasteiger partial charge in [-0.2, -0.15) is 0 Å². The highest BCUT2D eigenvalue weighted by Crippen LogP contribution is 2.22. The largest absolute Gasteiger partial charge is 0.369 e. The van der Waals surface area contributed by atoms with Crippen molar-refractivity contribution in [2.45, 2.75) is 18.5 Å². The molecule has 1 aliphatic heterocycles. The van der Waals surface area contributed by atoms with Gasteiger partial charge in [-0.15, -0.1) is 35.3 Å². The Hall–Kier alpha value is -1.32. The van der Waals surface area contributed by atoms with Crippen LogP contribution in [0.5, 0.6) is 0 Å². The second-order valence-electron chi connectivity index (χ2n) is 6.86. The van der Waals surface area contributed by atoms with E-state index in [-0.39, 0.29) is 24.0 Å². The molecule has 3 rings (SSSR count). The topological polar surface area (TPSA) is 42.9 Å². The highest BCUT2D eigenvalue weighted by atomic mass is 127. The fraction of sp³-hybridized carbons (Fsp3) is 0.450. The number of hydrogen-bond donors (Lipinski definition) is 2. The molecular formula is C20H30IN5S. The quantitative estimate of drug-likeness (QED) is 0.363. The average molecular weight is 499 g/mol. The number of para-hydroxylation sites is 1. The van der Waals surface area contributed by atoms with Gasteiger partial charge in [0.2, 0.25) is 0 Å². The van der Waals surface area contributed by atoms with Gasteiger partial charge in [0.1, 0.15) is 0 Å². The predicted octanol–water partition coefficient (Wildman–Crippen LogP) is 3.41.